The molecule has 0 fully saturated rings. The molecule has 0 radical (unpaired) electrons. The summed E-state index contributed by atoms with van der Waals surface area (Å²) < 4.78 is 43.0. The highest BCUT2D eigenvalue weighted by molar-refractivity contribution is 7.13. The van der Waals surface area contributed by atoms with Gasteiger partial charge >= 0.3 is 6.36 Å². The van der Waals surface area contributed by atoms with Gasteiger partial charge in [-0.25, -0.2) is 0 Å². The number of alkyl halides is 3. The standard InChI is InChI=1S/C17H10F3N3OS/c18-17(19,20)24-13-4-1-3-11(9-13)16-22-21-15-7-6-12(10-23(15)16)14-5-2-8-25-14/h1-10H. The summed E-state index contributed by atoms with van der Waals surface area (Å²) in [4.78, 5) is 1.08. The minimum absolute atomic E-state index is 0.295. The van der Waals surface area contributed by atoms with Crippen LogP contribution >= 0.6 is 11.3 Å². The van der Waals surface area contributed by atoms with Crippen molar-refractivity contribution in [3.05, 3.63) is 60.1 Å². The summed E-state index contributed by atoms with van der Waals surface area (Å²) in [6, 6.07) is 13.4. The molecule has 4 rings (SSSR count). The number of hydrogen-bond acceptors (Lipinski definition) is 4. The van der Waals surface area contributed by atoms with E-state index in [1.54, 1.807) is 21.8 Å². The summed E-state index contributed by atoms with van der Waals surface area (Å²) in [5.41, 5.74) is 2.07. The number of hydrogen-bond donors (Lipinski definition) is 0. The molecule has 0 aliphatic carbocycles. The first-order chi connectivity index (χ1) is 12.0. The largest absolute Gasteiger partial charge is 0.573 e. The number of halogens is 3. The molecule has 0 unspecified atom stereocenters. The maximum Gasteiger partial charge on any atom is 0.573 e. The molecule has 8 heteroatoms. The third-order valence-electron chi connectivity index (χ3n) is 3.53. The molecule has 0 aliphatic rings. The first-order valence-corrected chi connectivity index (χ1v) is 8.12. The van der Waals surface area contributed by atoms with Crippen LogP contribution in [-0.2, 0) is 0 Å². The van der Waals surface area contributed by atoms with Crippen LogP contribution in [0, 0.1) is 0 Å². The molecule has 25 heavy (non-hydrogen) atoms. The number of pyridine rings is 1. The number of nitrogens with zero attached hydrogens (tertiary/aromatic N) is 3. The summed E-state index contributed by atoms with van der Waals surface area (Å²) in [5, 5.41) is 10.2. The molecule has 0 spiro atoms. The summed E-state index contributed by atoms with van der Waals surface area (Å²) >= 11 is 1.60. The van der Waals surface area contributed by atoms with Gasteiger partial charge in [-0.15, -0.1) is 34.7 Å². The van der Waals surface area contributed by atoms with Crippen molar-refractivity contribution in [3.63, 3.8) is 0 Å². The number of thiophene rings is 1. The van der Waals surface area contributed by atoms with Crippen LogP contribution in [0.15, 0.2) is 60.1 Å². The number of benzene rings is 1. The third-order valence-corrected chi connectivity index (χ3v) is 4.45. The van der Waals surface area contributed by atoms with Crippen molar-refractivity contribution in [2.75, 3.05) is 0 Å². The Labute approximate surface area is 144 Å². The van der Waals surface area contributed by atoms with Gasteiger partial charge in [-0.2, -0.15) is 0 Å². The molecule has 0 saturated carbocycles. The second-order valence-electron chi connectivity index (χ2n) is 5.22. The van der Waals surface area contributed by atoms with Crippen molar-refractivity contribution >= 4 is 17.0 Å². The lowest BCUT2D eigenvalue weighted by molar-refractivity contribution is -0.274. The number of fused-ring (bicyclic) bond motifs is 1. The van der Waals surface area contributed by atoms with Crippen molar-refractivity contribution in [3.8, 4) is 27.6 Å². The van der Waals surface area contributed by atoms with E-state index in [2.05, 4.69) is 14.9 Å². The van der Waals surface area contributed by atoms with E-state index < -0.39 is 6.36 Å². The van der Waals surface area contributed by atoms with E-state index in [-0.39, 0.29) is 5.75 Å². The van der Waals surface area contributed by atoms with Gasteiger partial charge in [0.1, 0.15) is 5.75 Å². The van der Waals surface area contributed by atoms with Crippen LogP contribution in [0.3, 0.4) is 0 Å². The van der Waals surface area contributed by atoms with Crippen molar-refractivity contribution in [1.29, 1.82) is 0 Å². The van der Waals surface area contributed by atoms with E-state index in [0.29, 0.717) is 17.0 Å². The zero-order chi connectivity index (χ0) is 17.4. The van der Waals surface area contributed by atoms with Crippen molar-refractivity contribution in [2.24, 2.45) is 0 Å². The highest BCUT2D eigenvalue weighted by Crippen LogP contribution is 2.29. The lowest BCUT2D eigenvalue weighted by Crippen LogP contribution is -2.17. The lowest BCUT2D eigenvalue weighted by Gasteiger charge is -2.09. The van der Waals surface area contributed by atoms with Crippen molar-refractivity contribution < 1.29 is 17.9 Å². The van der Waals surface area contributed by atoms with Crippen LogP contribution in [0.4, 0.5) is 13.2 Å². The summed E-state index contributed by atoms with van der Waals surface area (Å²) in [7, 11) is 0. The van der Waals surface area contributed by atoms with Crippen molar-refractivity contribution in [2.45, 2.75) is 6.36 Å². The quantitative estimate of drug-likeness (QED) is 0.514. The van der Waals surface area contributed by atoms with Gasteiger partial charge < -0.3 is 4.74 Å². The first-order valence-electron chi connectivity index (χ1n) is 7.24. The van der Waals surface area contributed by atoms with Gasteiger partial charge in [0.05, 0.1) is 0 Å². The zero-order valence-corrected chi connectivity index (χ0v) is 13.4. The molecule has 3 heterocycles. The van der Waals surface area contributed by atoms with E-state index in [1.807, 2.05) is 35.8 Å². The second-order valence-corrected chi connectivity index (χ2v) is 6.17. The predicted octanol–water partition coefficient (Wildman–Crippen LogP) is 5.02. The van der Waals surface area contributed by atoms with E-state index in [0.717, 1.165) is 10.4 Å². The Morgan fingerprint density at radius 3 is 2.60 bits per heavy atom. The maximum absolute atomic E-state index is 12.4. The van der Waals surface area contributed by atoms with Crippen LogP contribution in [0.5, 0.6) is 5.75 Å². The van der Waals surface area contributed by atoms with Crippen LogP contribution in [-0.4, -0.2) is 21.0 Å². The molecule has 4 aromatic rings. The molecule has 1 aromatic carbocycles. The smallest absolute Gasteiger partial charge is 0.406 e. The van der Waals surface area contributed by atoms with Crippen LogP contribution in [0.2, 0.25) is 0 Å². The average Bonchev–Trinajstić information content (AvgIpc) is 3.22. The summed E-state index contributed by atoms with van der Waals surface area (Å²) in [6.45, 7) is 0. The molecule has 4 nitrogen and oxygen atoms in total. The Bertz CT molecular complexity index is 1030. The predicted molar refractivity (Wildman–Crippen MR) is 88.4 cm³/mol. The van der Waals surface area contributed by atoms with Gasteiger partial charge in [0.25, 0.3) is 0 Å². The molecule has 0 N–H and O–H groups in total. The molecular formula is C17H10F3N3OS. The SMILES string of the molecule is FC(F)(F)Oc1cccc(-c2nnc3ccc(-c4cccs4)cn23)c1. The average molecular weight is 361 g/mol. The molecule has 126 valence electrons. The number of ether oxygens (including phenoxy) is 1. The monoisotopic (exact) mass is 361 g/mol. The number of aromatic nitrogens is 3. The molecule has 3 aromatic heterocycles. The van der Waals surface area contributed by atoms with Crippen LogP contribution in [0.25, 0.3) is 27.5 Å². The fraction of sp³-hybridized carbons (Fsp3) is 0.0588. The van der Waals surface area contributed by atoms with Gasteiger partial charge in [-0.05, 0) is 35.7 Å². The van der Waals surface area contributed by atoms with Crippen molar-refractivity contribution in [1.82, 2.24) is 14.6 Å². The lowest BCUT2D eigenvalue weighted by atomic mass is 10.2. The molecule has 0 amide bonds. The third kappa shape index (κ3) is 3.20. The Balaban J connectivity index is 1.79. The molecule has 0 bridgehead atoms. The fourth-order valence-electron chi connectivity index (χ4n) is 2.51. The van der Waals surface area contributed by atoms with E-state index in [1.165, 1.54) is 18.2 Å². The summed E-state index contributed by atoms with van der Waals surface area (Å²) in [6.07, 6.45) is -2.87. The zero-order valence-electron chi connectivity index (χ0n) is 12.6. The van der Waals surface area contributed by atoms with Crippen LogP contribution in [0.1, 0.15) is 0 Å². The molecule has 0 atom stereocenters. The molecular weight excluding hydrogens is 351 g/mol. The van der Waals surface area contributed by atoms with Gasteiger partial charge in [-0.3, -0.25) is 4.40 Å². The highest BCUT2D eigenvalue weighted by Gasteiger charge is 2.31. The highest BCUT2D eigenvalue weighted by atomic mass is 32.1. The topological polar surface area (TPSA) is 39.4 Å². The van der Waals surface area contributed by atoms with Gasteiger partial charge in [0, 0.05) is 22.2 Å². The minimum atomic E-state index is -4.74. The van der Waals surface area contributed by atoms with E-state index in [9.17, 15) is 13.2 Å². The van der Waals surface area contributed by atoms with Gasteiger partial charge in [0.15, 0.2) is 11.5 Å². The first kappa shape index (κ1) is 15.6. The molecule has 0 saturated heterocycles. The van der Waals surface area contributed by atoms with E-state index in [4.69, 9.17) is 0 Å². The maximum atomic E-state index is 12.4. The normalized spacial score (nSPS) is 11.8. The van der Waals surface area contributed by atoms with Crippen LogP contribution < -0.4 is 4.74 Å². The fourth-order valence-corrected chi connectivity index (χ4v) is 3.23. The second kappa shape index (κ2) is 5.89. The summed E-state index contributed by atoms with van der Waals surface area (Å²) in [5.74, 6) is 0.150. The van der Waals surface area contributed by atoms with Gasteiger partial charge in [-0.1, -0.05) is 18.2 Å². The molecule has 0 aliphatic heterocycles. The Hall–Kier alpha value is -2.87. The Morgan fingerprint density at radius 2 is 1.84 bits per heavy atom. The minimum Gasteiger partial charge on any atom is -0.406 e. The van der Waals surface area contributed by atoms with Gasteiger partial charge in [0.2, 0.25) is 0 Å². The Kier molecular flexibility index (Phi) is 3.69. The Morgan fingerprint density at radius 1 is 0.960 bits per heavy atom. The van der Waals surface area contributed by atoms with E-state index >= 15 is 0 Å². The number of rotatable bonds is 3.